The second-order valence-electron chi connectivity index (χ2n) is 5.89. The summed E-state index contributed by atoms with van der Waals surface area (Å²) in [5.74, 6) is 0.458. The van der Waals surface area contributed by atoms with Gasteiger partial charge in [0.1, 0.15) is 0 Å². The first kappa shape index (κ1) is 15.7. The molecule has 0 aliphatic carbocycles. The van der Waals surface area contributed by atoms with Gasteiger partial charge < -0.3 is 0 Å². The number of hydrogen-bond donors (Lipinski definition) is 0. The summed E-state index contributed by atoms with van der Waals surface area (Å²) in [5, 5.41) is 2.01. The van der Waals surface area contributed by atoms with Gasteiger partial charge in [-0.3, -0.25) is 0 Å². The van der Waals surface area contributed by atoms with Crippen LogP contribution in [0.5, 0.6) is 0 Å². The van der Waals surface area contributed by atoms with Crippen LogP contribution in [0.15, 0.2) is 84.9 Å². The van der Waals surface area contributed by atoms with Gasteiger partial charge in [0.05, 0.1) is 0 Å². The fourth-order valence-electron chi connectivity index (χ4n) is 3.22. The van der Waals surface area contributed by atoms with Crippen molar-refractivity contribution in [3.05, 3.63) is 107 Å². The summed E-state index contributed by atoms with van der Waals surface area (Å²) < 4.78 is 1.54. The summed E-state index contributed by atoms with van der Waals surface area (Å²) in [6, 6.07) is 30.0. The van der Waals surface area contributed by atoms with E-state index in [0.29, 0.717) is 20.9 Å². The topological polar surface area (TPSA) is 0 Å². The minimum atomic E-state index is 0.458. The summed E-state index contributed by atoms with van der Waals surface area (Å²) in [7, 11) is 0. The molecule has 4 rings (SSSR count). The van der Waals surface area contributed by atoms with Crippen molar-refractivity contribution < 1.29 is 0 Å². The first-order valence-electron chi connectivity index (χ1n) is 8.06. The summed E-state index contributed by atoms with van der Waals surface area (Å²) in [6.07, 6.45) is 0. The Hall–Kier alpha value is -1.79. The number of rotatable bonds is 3. The summed E-state index contributed by atoms with van der Waals surface area (Å²) in [4.78, 5) is 0. The zero-order valence-corrected chi connectivity index (χ0v) is 15.6. The van der Waals surface area contributed by atoms with Gasteiger partial charge in [0.25, 0.3) is 0 Å². The zero-order valence-electron chi connectivity index (χ0n) is 13.2. The van der Waals surface area contributed by atoms with Crippen LogP contribution in [0.2, 0.25) is 10.3 Å². The number of benzene rings is 3. The maximum atomic E-state index is 6.09. The van der Waals surface area contributed by atoms with Gasteiger partial charge in [-0.15, -0.1) is 0 Å². The molecule has 3 aromatic carbocycles. The standard InChI is InChI=1S/C22H17ClSe/c23-19-13-11-16(12-14-19)20-15-24-22(18-9-5-2-6-10-18)21(20)17-7-3-1-4-8-17/h1-14,20H,15H2. The van der Waals surface area contributed by atoms with Gasteiger partial charge in [0, 0.05) is 0 Å². The van der Waals surface area contributed by atoms with E-state index in [2.05, 4.69) is 72.8 Å². The number of hydrogen-bond acceptors (Lipinski definition) is 0. The first-order chi connectivity index (χ1) is 11.8. The summed E-state index contributed by atoms with van der Waals surface area (Å²) >= 11 is 6.57. The molecule has 0 fully saturated rings. The quantitative estimate of drug-likeness (QED) is 0.468. The van der Waals surface area contributed by atoms with Crippen molar-refractivity contribution in [1.82, 2.24) is 0 Å². The molecule has 1 heterocycles. The van der Waals surface area contributed by atoms with Crippen LogP contribution in [0.1, 0.15) is 22.6 Å². The molecule has 0 bridgehead atoms. The van der Waals surface area contributed by atoms with E-state index in [1.807, 2.05) is 12.1 Å². The van der Waals surface area contributed by atoms with E-state index < -0.39 is 0 Å². The van der Waals surface area contributed by atoms with Gasteiger partial charge in [-0.2, -0.15) is 0 Å². The van der Waals surface area contributed by atoms with Crippen LogP contribution < -0.4 is 0 Å². The van der Waals surface area contributed by atoms with Crippen LogP contribution in [0, 0.1) is 0 Å². The molecule has 0 radical (unpaired) electrons. The molecule has 118 valence electrons. The molecule has 0 N–H and O–H groups in total. The third kappa shape index (κ3) is 3.08. The van der Waals surface area contributed by atoms with E-state index in [1.165, 1.54) is 32.1 Å². The van der Waals surface area contributed by atoms with Crippen molar-refractivity contribution in [2.75, 3.05) is 0 Å². The van der Waals surface area contributed by atoms with E-state index in [-0.39, 0.29) is 0 Å². The molecule has 24 heavy (non-hydrogen) atoms. The van der Waals surface area contributed by atoms with Crippen LogP contribution in [-0.2, 0) is 0 Å². The Kier molecular flexibility index (Phi) is 4.58. The predicted octanol–water partition coefficient (Wildman–Crippen LogP) is 6.13. The molecule has 1 unspecified atom stereocenters. The molecule has 0 saturated carbocycles. The molecule has 3 aromatic rings. The van der Waals surface area contributed by atoms with Gasteiger partial charge in [-0.1, -0.05) is 0 Å². The van der Waals surface area contributed by atoms with Gasteiger partial charge >= 0.3 is 154 Å². The number of halogens is 1. The number of allylic oxidation sites excluding steroid dienone is 1. The van der Waals surface area contributed by atoms with Crippen molar-refractivity contribution >= 4 is 36.6 Å². The Morgan fingerprint density at radius 3 is 1.92 bits per heavy atom. The SMILES string of the molecule is Clc1ccc(C2C[Se]C(c3ccccc3)=C2c2ccccc2)cc1. The molecule has 0 spiro atoms. The summed E-state index contributed by atoms with van der Waals surface area (Å²) in [6.45, 7) is 0. The van der Waals surface area contributed by atoms with E-state index >= 15 is 0 Å². The maximum absolute atomic E-state index is 6.09. The van der Waals surface area contributed by atoms with Crippen LogP contribution in [-0.4, -0.2) is 15.0 Å². The minimum absolute atomic E-state index is 0.458. The normalized spacial score (nSPS) is 17.3. The van der Waals surface area contributed by atoms with Crippen molar-refractivity contribution in [2.24, 2.45) is 0 Å². The Labute approximate surface area is 154 Å². The molecule has 1 atom stereocenters. The third-order valence-electron chi connectivity index (χ3n) is 4.38. The Bertz CT molecular complexity index is 851. The molecule has 0 nitrogen and oxygen atoms in total. The van der Waals surface area contributed by atoms with E-state index in [9.17, 15) is 0 Å². The molecule has 2 heteroatoms. The fraction of sp³-hybridized carbons (Fsp3) is 0.0909. The second-order valence-corrected chi connectivity index (χ2v) is 8.49. The first-order valence-corrected chi connectivity index (χ1v) is 10.5. The Morgan fingerprint density at radius 2 is 1.29 bits per heavy atom. The molecule has 1 aliphatic heterocycles. The second kappa shape index (κ2) is 6.99. The van der Waals surface area contributed by atoms with Crippen molar-refractivity contribution in [3.8, 4) is 0 Å². The molecule has 1 aliphatic rings. The van der Waals surface area contributed by atoms with Gasteiger partial charge in [-0.05, 0) is 0 Å². The van der Waals surface area contributed by atoms with Crippen molar-refractivity contribution in [3.63, 3.8) is 0 Å². The molecule has 0 aromatic heterocycles. The van der Waals surface area contributed by atoms with Gasteiger partial charge in [0.2, 0.25) is 0 Å². The van der Waals surface area contributed by atoms with Crippen molar-refractivity contribution in [2.45, 2.75) is 11.2 Å². The molecule has 0 saturated heterocycles. The van der Waals surface area contributed by atoms with E-state index in [0.717, 1.165) is 5.02 Å². The molecular formula is C22H17ClSe. The summed E-state index contributed by atoms with van der Waals surface area (Å²) in [5.41, 5.74) is 5.57. The van der Waals surface area contributed by atoms with Crippen LogP contribution in [0.3, 0.4) is 0 Å². The Balaban J connectivity index is 1.86. The van der Waals surface area contributed by atoms with E-state index in [1.54, 1.807) is 0 Å². The molecule has 0 amide bonds. The molecular weight excluding hydrogens is 379 g/mol. The predicted molar refractivity (Wildman–Crippen MR) is 104 cm³/mol. The van der Waals surface area contributed by atoms with Crippen LogP contribution >= 0.6 is 11.6 Å². The van der Waals surface area contributed by atoms with Crippen LogP contribution in [0.25, 0.3) is 10.0 Å². The monoisotopic (exact) mass is 396 g/mol. The third-order valence-corrected chi connectivity index (χ3v) is 7.24. The zero-order chi connectivity index (χ0) is 16.4. The van der Waals surface area contributed by atoms with Crippen molar-refractivity contribution in [1.29, 1.82) is 0 Å². The van der Waals surface area contributed by atoms with E-state index in [4.69, 9.17) is 11.6 Å². The average Bonchev–Trinajstić information content (AvgIpc) is 3.09. The van der Waals surface area contributed by atoms with Gasteiger partial charge in [0.15, 0.2) is 0 Å². The average molecular weight is 396 g/mol. The van der Waals surface area contributed by atoms with Gasteiger partial charge in [-0.25, -0.2) is 0 Å². The Morgan fingerprint density at radius 1 is 0.708 bits per heavy atom. The fourth-order valence-corrected chi connectivity index (χ4v) is 6.31. The van der Waals surface area contributed by atoms with Crippen LogP contribution in [0.4, 0.5) is 0 Å².